The molecule has 0 radical (unpaired) electrons. The summed E-state index contributed by atoms with van der Waals surface area (Å²) in [4.78, 5) is 0.319. The fourth-order valence-electron chi connectivity index (χ4n) is 1.91. The van der Waals surface area contributed by atoms with Crippen LogP contribution >= 0.6 is 22.6 Å². The Morgan fingerprint density at radius 3 is 2.68 bits per heavy atom. The van der Waals surface area contributed by atoms with Crippen molar-refractivity contribution in [3.63, 3.8) is 0 Å². The van der Waals surface area contributed by atoms with E-state index in [2.05, 4.69) is 27.9 Å². The molecule has 1 heterocycles. The molecule has 0 spiro atoms. The van der Waals surface area contributed by atoms with Gasteiger partial charge in [-0.2, -0.15) is 4.31 Å². The van der Waals surface area contributed by atoms with E-state index in [1.165, 1.54) is 4.31 Å². The van der Waals surface area contributed by atoms with Crippen molar-refractivity contribution >= 4 is 32.6 Å². The van der Waals surface area contributed by atoms with Crippen LogP contribution < -0.4 is 5.32 Å². The number of hydrogen-bond acceptors (Lipinski definition) is 4. The van der Waals surface area contributed by atoms with Crippen LogP contribution in [0.25, 0.3) is 0 Å². The first-order valence-corrected chi connectivity index (χ1v) is 8.56. The number of nitrogens with one attached hydrogen (secondary N) is 1. The van der Waals surface area contributed by atoms with Gasteiger partial charge in [0.25, 0.3) is 0 Å². The van der Waals surface area contributed by atoms with E-state index in [0.29, 0.717) is 24.6 Å². The van der Waals surface area contributed by atoms with Crippen molar-refractivity contribution in [2.75, 3.05) is 33.3 Å². The number of halogens is 1. The fourth-order valence-corrected chi connectivity index (χ4v) is 3.47. The van der Waals surface area contributed by atoms with Crippen LogP contribution in [0.1, 0.15) is 0 Å². The quantitative estimate of drug-likeness (QED) is 0.769. The lowest BCUT2D eigenvalue weighted by Crippen LogP contribution is -2.45. The van der Waals surface area contributed by atoms with Crippen molar-refractivity contribution in [2.45, 2.75) is 11.0 Å². The van der Waals surface area contributed by atoms with Gasteiger partial charge >= 0.3 is 0 Å². The number of nitrogens with zero attached hydrogens (tertiary/aromatic N) is 1. The van der Waals surface area contributed by atoms with E-state index >= 15 is 0 Å². The summed E-state index contributed by atoms with van der Waals surface area (Å²) in [5.41, 5.74) is 0. The summed E-state index contributed by atoms with van der Waals surface area (Å²) in [7, 11) is -1.84. The van der Waals surface area contributed by atoms with Gasteiger partial charge < -0.3 is 10.1 Å². The second-order valence-corrected chi connectivity index (χ2v) is 7.73. The summed E-state index contributed by atoms with van der Waals surface area (Å²) in [6.45, 7) is 2.50. The van der Waals surface area contributed by atoms with Crippen molar-refractivity contribution in [1.29, 1.82) is 0 Å². The molecule has 0 amide bonds. The number of sulfonamides is 1. The van der Waals surface area contributed by atoms with Crippen LogP contribution in [0.2, 0.25) is 0 Å². The first kappa shape index (κ1) is 15.2. The average Bonchev–Trinajstić information content (AvgIpc) is 2.40. The molecule has 0 aliphatic carbocycles. The lowest BCUT2D eigenvalue weighted by molar-refractivity contribution is 0.0206. The van der Waals surface area contributed by atoms with Crippen LogP contribution in [0.5, 0.6) is 0 Å². The Hall–Kier alpha value is -0.220. The summed E-state index contributed by atoms with van der Waals surface area (Å²) in [6, 6.07) is 6.85. The zero-order valence-corrected chi connectivity index (χ0v) is 13.6. The largest absolute Gasteiger partial charge is 0.374 e. The first-order chi connectivity index (χ1) is 9.00. The molecule has 1 fully saturated rings. The number of benzene rings is 1. The normalized spacial score (nSPS) is 20.7. The molecule has 19 heavy (non-hydrogen) atoms. The van der Waals surface area contributed by atoms with Crippen molar-refractivity contribution in [3.8, 4) is 0 Å². The minimum absolute atomic E-state index is 0.0858. The molecule has 2 rings (SSSR count). The number of ether oxygens (including phenoxy) is 1. The molecular weight excluding hydrogens is 379 g/mol. The van der Waals surface area contributed by atoms with Crippen molar-refractivity contribution in [1.82, 2.24) is 9.62 Å². The first-order valence-electron chi connectivity index (χ1n) is 6.04. The maximum absolute atomic E-state index is 12.4. The number of morpholine rings is 1. The van der Waals surface area contributed by atoms with Gasteiger partial charge in [-0.3, -0.25) is 0 Å². The molecule has 1 N–H and O–H groups in total. The smallest absolute Gasteiger partial charge is 0.242 e. The molecule has 1 aromatic carbocycles. The van der Waals surface area contributed by atoms with E-state index in [1.807, 2.05) is 0 Å². The molecule has 1 aromatic rings. The van der Waals surface area contributed by atoms with Crippen LogP contribution in [0.4, 0.5) is 0 Å². The van der Waals surface area contributed by atoms with Gasteiger partial charge in [0, 0.05) is 30.3 Å². The lowest BCUT2D eigenvalue weighted by Gasteiger charge is -2.27. The Morgan fingerprint density at radius 1 is 1.42 bits per heavy atom. The van der Waals surface area contributed by atoms with Gasteiger partial charge in [-0.25, -0.2) is 8.42 Å². The maximum atomic E-state index is 12.4. The zero-order valence-electron chi connectivity index (χ0n) is 10.7. The Labute approximate surface area is 127 Å². The predicted octanol–water partition coefficient (Wildman–Crippen LogP) is 0.900. The van der Waals surface area contributed by atoms with E-state index < -0.39 is 10.0 Å². The molecule has 1 aliphatic heterocycles. The van der Waals surface area contributed by atoms with Gasteiger partial charge in [-0.05, 0) is 46.9 Å². The van der Waals surface area contributed by atoms with E-state index in [-0.39, 0.29) is 6.10 Å². The summed E-state index contributed by atoms with van der Waals surface area (Å²) >= 11 is 2.15. The Balaban J connectivity index is 2.07. The maximum Gasteiger partial charge on any atom is 0.242 e. The third-order valence-electron chi connectivity index (χ3n) is 2.99. The number of rotatable bonds is 4. The molecular formula is C12H17IN2O3S. The van der Waals surface area contributed by atoms with E-state index in [9.17, 15) is 8.42 Å². The SMILES string of the molecule is CN(CC1CNCCO1)S(=O)(=O)c1ccc(I)cc1. The second kappa shape index (κ2) is 6.49. The third-order valence-corrected chi connectivity index (χ3v) is 5.54. The molecule has 0 bridgehead atoms. The second-order valence-electron chi connectivity index (χ2n) is 4.44. The Bertz CT molecular complexity index is 512. The molecule has 7 heteroatoms. The summed E-state index contributed by atoms with van der Waals surface area (Å²) in [6.07, 6.45) is -0.0858. The van der Waals surface area contributed by atoms with Crippen LogP contribution in [0.3, 0.4) is 0 Å². The van der Waals surface area contributed by atoms with Crippen LogP contribution in [-0.2, 0) is 14.8 Å². The Kier molecular flexibility index (Phi) is 5.18. The van der Waals surface area contributed by atoms with E-state index in [1.54, 1.807) is 31.3 Å². The topological polar surface area (TPSA) is 58.6 Å². The molecule has 1 unspecified atom stereocenters. The highest BCUT2D eigenvalue weighted by atomic mass is 127. The molecule has 0 aromatic heterocycles. The van der Waals surface area contributed by atoms with Gasteiger partial charge in [-0.1, -0.05) is 0 Å². The molecule has 1 saturated heterocycles. The highest BCUT2D eigenvalue weighted by Gasteiger charge is 2.25. The number of likely N-dealkylation sites (N-methyl/N-ethyl adjacent to an activating group) is 1. The van der Waals surface area contributed by atoms with E-state index in [4.69, 9.17) is 4.74 Å². The predicted molar refractivity (Wildman–Crippen MR) is 81.6 cm³/mol. The lowest BCUT2D eigenvalue weighted by atomic mass is 10.3. The molecule has 5 nitrogen and oxygen atoms in total. The monoisotopic (exact) mass is 396 g/mol. The summed E-state index contributed by atoms with van der Waals surface area (Å²) in [5.74, 6) is 0. The molecule has 0 saturated carbocycles. The molecule has 1 atom stereocenters. The van der Waals surface area contributed by atoms with Gasteiger partial charge in [0.2, 0.25) is 10.0 Å². The number of hydrogen-bond donors (Lipinski definition) is 1. The van der Waals surface area contributed by atoms with Gasteiger partial charge in [0.15, 0.2) is 0 Å². The van der Waals surface area contributed by atoms with Gasteiger partial charge in [-0.15, -0.1) is 0 Å². The highest BCUT2D eigenvalue weighted by Crippen LogP contribution is 2.16. The van der Waals surface area contributed by atoms with Gasteiger partial charge in [0.05, 0.1) is 17.6 Å². The molecule has 106 valence electrons. The van der Waals surface area contributed by atoms with E-state index in [0.717, 1.165) is 10.1 Å². The Morgan fingerprint density at radius 2 is 2.11 bits per heavy atom. The minimum Gasteiger partial charge on any atom is -0.374 e. The standard InChI is InChI=1S/C12H17IN2O3S/c1-15(9-11-8-14-6-7-18-11)19(16,17)12-4-2-10(13)3-5-12/h2-5,11,14H,6-9H2,1H3. The van der Waals surface area contributed by atoms with Crippen LogP contribution in [0.15, 0.2) is 29.2 Å². The fraction of sp³-hybridized carbons (Fsp3) is 0.500. The molecule has 1 aliphatic rings. The van der Waals surface area contributed by atoms with Crippen molar-refractivity contribution in [2.24, 2.45) is 0 Å². The van der Waals surface area contributed by atoms with Gasteiger partial charge in [0.1, 0.15) is 0 Å². The van der Waals surface area contributed by atoms with Crippen molar-refractivity contribution < 1.29 is 13.2 Å². The third kappa shape index (κ3) is 3.88. The van der Waals surface area contributed by atoms with Crippen molar-refractivity contribution in [3.05, 3.63) is 27.8 Å². The summed E-state index contributed by atoms with van der Waals surface area (Å²) in [5, 5.41) is 3.19. The highest BCUT2D eigenvalue weighted by molar-refractivity contribution is 14.1. The summed E-state index contributed by atoms with van der Waals surface area (Å²) < 4.78 is 32.6. The average molecular weight is 396 g/mol. The zero-order chi connectivity index (χ0) is 13.9. The van der Waals surface area contributed by atoms with Crippen LogP contribution in [0, 0.1) is 3.57 Å². The van der Waals surface area contributed by atoms with Crippen LogP contribution in [-0.4, -0.2) is 52.1 Å². The minimum atomic E-state index is -3.43.